The molecule has 0 saturated carbocycles. The lowest BCUT2D eigenvalue weighted by molar-refractivity contribution is -0.146. The highest BCUT2D eigenvalue weighted by Crippen LogP contribution is 2.20. The number of amides is 4. The van der Waals surface area contributed by atoms with Crippen LogP contribution in [-0.2, 0) is 24.0 Å². The molecule has 2 fully saturated rings. The van der Waals surface area contributed by atoms with Gasteiger partial charge in [0.05, 0.1) is 18.6 Å². The minimum absolute atomic E-state index is 0.214. The lowest BCUT2D eigenvalue weighted by Crippen LogP contribution is -2.59. The smallest absolute Gasteiger partial charge is 0.326 e. The molecule has 2 rings (SSSR count). The van der Waals surface area contributed by atoms with Gasteiger partial charge in [0.25, 0.3) is 0 Å². The third-order valence-electron chi connectivity index (χ3n) is 5.28. The van der Waals surface area contributed by atoms with Crippen LogP contribution >= 0.6 is 0 Å². The van der Waals surface area contributed by atoms with Crippen molar-refractivity contribution in [2.75, 3.05) is 13.1 Å². The Bertz CT molecular complexity index is 692. The fraction of sp³-hybridized carbons (Fsp3) is 0.722. The molecule has 0 bridgehead atoms. The van der Waals surface area contributed by atoms with Gasteiger partial charge in [0.2, 0.25) is 23.6 Å². The predicted molar refractivity (Wildman–Crippen MR) is 103 cm³/mol. The summed E-state index contributed by atoms with van der Waals surface area (Å²) in [5.74, 6) is -4.08. The third kappa shape index (κ3) is 5.89. The van der Waals surface area contributed by atoms with Gasteiger partial charge in [-0.2, -0.15) is 0 Å². The number of carboxylic acid groups (broad SMARTS) is 1. The summed E-state index contributed by atoms with van der Waals surface area (Å²) in [6, 6.07) is -4.17. The molecular weight excluding hydrogens is 398 g/mol. The van der Waals surface area contributed by atoms with Gasteiger partial charge in [-0.05, 0) is 39.2 Å². The number of primary amides is 1. The van der Waals surface area contributed by atoms with Crippen molar-refractivity contribution in [3.63, 3.8) is 0 Å². The fourth-order valence-corrected chi connectivity index (χ4v) is 3.70. The first kappa shape index (κ1) is 23.5. The van der Waals surface area contributed by atoms with Crippen molar-refractivity contribution < 1.29 is 34.2 Å². The minimum Gasteiger partial charge on any atom is -0.480 e. The molecular formula is C18H29N5O7. The first-order chi connectivity index (χ1) is 14.1. The first-order valence-electron chi connectivity index (χ1n) is 9.95. The molecule has 0 radical (unpaired) electrons. The van der Waals surface area contributed by atoms with Crippen LogP contribution in [0.3, 0.4) is 0 Å². The molecule has 12 heteroatoms. The molecule has 2 heterocycles. The monoisotopic (exact) mass is 427 g/mol. The van der Waals surface area contributed by atoms with E-state index in [1.807, 2.05) is 0 Å². The van der Waals surface area contributed by atoms with Gasteiger partial charge >= 0.3 is 5.97 Å². The molecule has 0 aromatic carbocycles. The van der Waals surface area contributed by atoms with Crippen LogP contribution in [0.15, 0.2) is 0 Å². The minimum atomic E-state index is -1.51. The molecule has 5 unspecified atom stereocenters. The zero-order chi connectivity index (χ0) is 22.4. The van der Waals surface area contributed by atoms with Crippen molar-refractivity contribution in [1.82, 2.24) is 20.9 Å². The average molecular weight is 427 g/mol. The average Bonchev–Trinajstić information content (AvgIpc) is 3.35. The zero-order valence-electron chi connectivity index (χ0n) is 16.8. The Hall–Kier alpha value is -2.73. The molecule has 168 valence electrons. The summed E-state index contributed by atoms with van der Waals surface area (Å²) in [4.78, 5) is 61.5. The number of nitrogens with one attached hydrogen (secondary N) is 3. The fourth-order valence-electron chi connectivity index (χ4n) is 3.70. The Kier molecular flexibility index (Phi) is 8.12. The second-order valence-corrected chi connectivity index (χ2v) is 7.64. The molecule has 7 N–H and O–H groups in total. The largest absolute Gasteiger partial charge is 0.480 e. The van der Waals surface area contributed by atoms with E-state index in [4.69, 9.17) is 10.8 Å². The van der Waals surface area contributed by atoms with Gasteiger partial charge in [0, 0.05) is 6.54 Å². The molecule has 2 aliphatic rings. The Morgan fingerprint density at radius 3 is 2.37 bits per heavy atom. The Labute approximate surface area is 173 Å². The van der Waals surface area contributed by atoms with Gasteiger partial charge in [0.1, 0.15) is 18.1 Å². The molecule has 0 spiro atoms. The Balaban J connectivity index is 2.07. The van der Waals surface area contributed by atoms with Gasteiger partial charge in [-0.3, -0.25) is 19.2 Å². The highest BCUT2D eigenvalue weighted by molar-refractivity contribution is 5.95. The van der Waals surface area contributed by atoms with Crippen molar-refractivity contribution in [3.8, 4) is 0 Å². The van der Waals surface area contributed by atoms with Crippen LogP contribution in [0.25, 0.3) is 0 Å². The summed E-state index contributed by atoms with van der Waals surface area (Å²) in [5, 5.41) is 27.0. The van der Waals surface area contributed by atoms with E-state index in [2.05, 4.69) is 16.0 Å². The molecule has 0 aromatic heterocycles. The van der Waals surface area contributed by atoms with Crippen molar-refractivity contribution in [2.45, 2.75) is 69.3 Å². The maximum Gasteiger partial charge on any atom is 0.326 e. The third-order valence-corrected chi connectivity index (χ3v) is 5.28. The van der Waals surface area contributed by atoms with E-state index in [-0.39, 0.29) is 13.0 Å². The van der Waals surface area contributed by atoms with E-state index in [0.717, 1.165) is 6.42 Å². The van der Waals surface area contributed by atoms with E-state index in [1.165, 1.54) is 11.8 Å². The van der Waals surface area contributed by atoms with Crippen LogP contribution in [-0.4, -0.2) is 88.1 Å². The number of rotatable bonds is 9. The Morgan fingerprint density at radius 2 is 1.83 bits per heavy atom. The predicted octanol–water partition coefficient (Wildman–Crippen LogP) is -2.96. The topological polar surface area (TPSA) is 191 Å². The number of aliphatic hydroxyl groups is 1. The number of carboxylic acids is 1. The van der Waals surface area contributed by atoms with Gasteiger partial charge < -0.3 is 36.8 Å². The Morgan fingerprint density at radius 1 is 1.13 bits per heavy atom. The molecule has 4 amide bonds. The van der Waals surface area contributed by atoms with Gasteiger partial charge in [0.15, 0.2) is 0 Å². The van der Waals surface area contributed by atoms with Crippen molar-refractivity contribution in [3.05, 3.63) is 0 Å². The van der Waals surface area contributed by atoms with E-state index in [0.29, 0.717) is 19.4 Å². The summed E-state index contributed by atoms with van der Waals surface area (Å²) in [6.45, 7) is 2.27. The number of hydrogen-bond acceptors (Lipinski definition) is 7. The lowest BCUT2D eigenvalue weighted by atomic mass is 10.1. The van der Waals surface area contributed by atoms with Crippen LogP contribution in [0.1, 0.15) is 39.0 Å². The summed E-state index contributed by atoms with van der Waals surface area (Å²) in [5.41, 5.74) is 5.02. The number of likely N-dealkylation sites (tertiary alicyclic amines) is 1. The molecule has 5 atom stereocenters. The SMILES string of the molecule is CC(O)C(NC(=O)C1CCCN1)C(=O)N1CCCC1C(=O)NC(CC(N)=O)C(=O)O. The number of nitrogens with zero attached hydrogens (tertiary/aromatic N) is 1. The number of aliphatic carboxylic acids is 1. The molecule has 2 aliphatic heterocycles. The zero-order valence-corrected chi connectivity index (χ0v) is 16.8. The number of nitrogens with two attached hydrogens (primary N) is 1. The molecule has 2 saturated heterocycles. The number of carbonyl (C=O) groups is 5. The summed E-state index contributed by atoms with van der Waals surface area (Å²) in [6.07, 6.45) is 0.442. The van der Waals surface area contributed by atoms with Crippen LogP contribution in [0.4, 0.5) is 0 Å². The van der Waals surface area contributed by atoms with E-state index < -0.39 is 66.3 Å². The lowest BCUT2D eigenvalue weighted by Gasteiger charge is -2.31. The second-order valence-electron chi connectivity index (χ2n) is 7.64. The number of hydrogen-bond donors (Lipinski definition) is 6. The standard InChI is InChI=1S/C18H29N5O7/c1-9(24)14(22-15(26)10-4-2-6-20-10)17(28)23-7-3-5-12(23)16(27)21-11(18(29)30)8-13(19)25/h9-12,14,20,24H,2-8H2,1H3,(H2,19,25)(H,21,27)(H,22,26)(H,29,30). The molecule has 30 heavy (non-hydrogen) atoms. The van der Waals surface area contributed by atoms with Gasteiger partial charge in [-0.15, -0.1) is 0 Å². The van der Waals surface area contributed by atoms with Gasteiger partial charge in [-0.25, -0.2) is 4.79 Å². The normalized spacial score (nSPS) is 24.0. The molecule has 0 aromatic rings. The summed E-state index contributed by atoms with van der Waals surface area (Å²) < 4.78 is 0. The van der Waals surface area contributed by atoms with Crippen molar-refractivity contribution in [2.24, 2.45) is 5.73 Å². The van der Waals surface area contributed by atoms with Crippen molar-refractivity contribution in [1.29, 1.82) is 0 Å². The summed E-state index contributed by atoms with van der Waals surface area (Å²) in [7, 11) is 0. The molecule has 12 nitrogen and oxygen atoms in total. The second kappa shape index (κ2) is 10.3. The quantitative estimate of drug-likeness (QED) is 0.225. The van der Waals surface area contributed by atoms with E-state index in [1.54, 1.807) is 0 Å². The highest BCUT2D eigenvalue weighted by atomic mass is 16.4. The van der Waals surface area contributed by atoms with Crippen LogP contribution in [0, 0.1) is 0 Å². The van der Waals surface area contributed by atoms with Crippen molar-refractivity contribution >= 4 is 29.6 Å². The van der Waals surface area contributed by atoms with Crippen LogP contribution in [0.5, 0.6) is 0 Å². The maximum atomic E-state index is 13.0. The maximum absolute atomic E-state index is 13.0. The number of carbonyl (C=O) groups excluding carboxylic acids is 4. The van der Waals surface area contributed by atoms with E-state index >= 15 is 0 Å². The summed E-state index contributed by atoms with van der Waals surface area (Å²) >= 11 is 0. The van der Waals surface area contributed by atoms with Gasteiger partial charge in [-0.1, -0.05) is 0 Å². The number of aliphatic hydroxyl groups excluding tert-OH is 1. The first-order valence-corrected chi connectivity index (χ1v) is 9.95. The van der Waals surface area contributed by atoms with E-state index in [9.17, 15) is 29.1 Å². The van der Waals surface area contributed by atoms with Crippen LogP contribution < -0.4 is 21.7 Å². The van der Waals surface area contributed by atoms with Crippen LogP contribution in [0.2, 0.25) is 0 Å². The molecule has 0 aliphatic carbocycles. The highest BCUT2D eigenvalue weighted by Gasteiger charge is 2.40.